The summed E-state index contributed by atoms with van der Waals surface area (Å²) < 4.78 is 13.2. The van der Waals surface area contributed by atoms with E-state index in [-0.39, 0.29) is 33.7 Å². The van der Waals surface area contributed by atoms with Gasteiger partial charge in [0.25, 0.3) is 11.5 Å². The number of aromatic nitrogens is 4. The molecule has 1 amide bonds. The van der Waals surface area contributed by atoms with E-state index in [2.05, 4.69) is 27.2 Å². The molecule has 9 nitrogen and oxygen atoms in total. The SMILES string of the molecule is CCOc1nc2nc(C34COC(C)(C3)C4)cn2cc1C(=O)Nc1ccc[nH]c1=O. The summed E-state index contributed by atoms with van der Waals surface area (Å²) in [4.78, 5) is 36.4. The fourth-order valence-corrected chi connectivity index (χ4v) is 4.43. The number of amides is 1. The number of fused-ring (bicyclic) bond motifs is 2. The molecular weight excluding hydrogens is 374 g/mol. The zero-order valence-electron chi connectivity index (χ0n) is 16.2. The molecule has 2 saturated heterocycles. The number of hydrogen-bond donors (Lipinski definition) is 2. The van der Waals surface area contributed by atoms with Crippen LogP contribution in [0.3, 0.4) is 0 Å². The van der Waals surface area contributed by atoms with Gasteiger partial charge in [0.2, 0.25) is 11.7 Å². The molecule has 3 aliphatic rings. The monoisotopic (exact) mass is 395 g/mol. The molecule has 29 heavy (non-hydrogen) atoms. The van der Waals surface area contributed by atoms with Crippen molar-refractivity contribution in [2.45, 2.75) is 37.7 Å². The minimum absolute atomic E-state index is 0.0481. The van der Waals surface area contributed by atoms with Gasteiger partial charge in [-0.05, 0) is 38.8 Å². The Labute approximate surface area is 166 Å². The van der Waals surface area contributed by atoms with E-state index in [4.69, 9.17) is 9.47 Å². The van der Waals surface area contributed by atoms with Crippen LogP contribution in [0.2, 0.25) is 0 Å². The standard InChI is InChI=1S/C20H21N5O4/c1-3-28-17-12(15(26)22-13-5-4-6-21-16(13)27)7-25-8-14(23-18(25)24-17)20-9-19(2,10-20)29-11-20/h4-8H,3,9-11H2,1-2H3,(H,21,27)(H,22,26). The van der Waals surface area contributed by atoms with Crippen molar-refractivity contribution in [3.63, 3.8) is 0 Å². The molecule has 9 heteroatoms. The fraction of sp³-hybridized carbons (Fsp3) is 0.400. The van der Waals surface area contributed by atoms with Crippen LogP contribution in [0, 0.1) is 0 Å². The predicted octanol–water partition coefficient (Wildman–Crippen LogP) is 1.89. The zero-order chi connectivity index (χ0) is 20.2. The van der Waals surface area contributed by atoms with Gasteiger partial charge in [-0.2, -0.15) is 4.98 Å². The molecule has 5 heterocycles. The lowest BCUT2D eigenvalue weighted by atomic mass is 9.62. The second-order valence-corrected chi connectivity index (χ2v) is 7.97. The molecular formula is C20H21N5O4. The summed E-state index contributed by atoms with van der Waals surface area (Å²) in [5.41, 5.74) is 0.791. The molecule has 1 aliphatic carbocycles. The van der Waals surface area contributed by atoms with Gasteiger partial charge in [-0.1, -0.05) is 0 Å². The second kappa shape index (κ2) is 6.15. The van der Waals surface area contributed by atoms with Gasteiger partial charge in [-0.15, -0.1) is 0 Å². The number of imidazole rings is 1. The van der Waals surface area contributed by atoms with Crippen molar-refractivity contribution in [3.05, 3.63) is 52.3 Å². The first-order valence-electron chi connectivity index (χ1n) is 9.57. The van der Waals surface area contributed by atoms with E-state index in [1.807, 2.05) is 13.1 Å². The normalized spacial score (nSPS) is 25.0. The van der Waals surface area contributed by atoms with Crippen LogP contribution in [-0.2, 0) is 10.2 Å². The number of carbonyl (C=O) groups is 1. The first kappa shape index (κ1) is 17.9. The lowest BCUT2D eigenvalue weighted by Gasteiger charge is -2.41. The smallest absolute Gasteiger partial charge is 0.271 e. The maximum absolute atomic E-state index is 12.8. The number of nitrogens with zero attached hydrogens (tertiary/aromatic N) is 3. The Morgan fingerprint density at radius 1 is 1.38 bits per heavy atom. The van der Waals surface area contributed by atoms with Crippen LogP contribution in [0.1, 0.15) is 42.7 Å². The maximum Gasteiger partial charge on any atom is 0.271 e. The van der Waals surface area contributed by atoms with E-state index >= 15 is 0 Å². The van der Waals surface area contributed by atoms with Crippen LogP contribution in [0.4, 0.5) is 5.69 Å². The van der Waals surface area contributed by atoms with Crippen molar-refractivity contribution in [2.75, 3.05) is 18.5 Å². The van der Waals surface area contributed by atoms with Crippen LogP contribution in [0.5, 0.6) is 5.88 Å². The minimum Gasteiger partial charge on any atom is -0.477 e. The lowest BCUT2D eigenvalue weighted by molar-refractivity contribution is 0.0154. The molecule has 150 valence electrons. The molecule has 0 atom stereocenters. The summed E-state index contributed by atoms with van der Waals surface area (Å²) in [5.74, 6) is 0.168. The summed E-state index contributed by atoms with van der Waals surface area (Å²) in [7, 11) is 0. The third kappa shape index (κ3) is 2.80. The summed E-state index contributed by atoms with van der Waals surface area (Å²) in [6, 6.07) is 3.17. The van der Waals surface area contributed by atoms with Crippen molar-refractivity contribution < 1.29 is 14.3 Å². The topological polar surface area (TPSA) is 111 Å². The van der Waals surface area contributed by atoms with E-state index in [9.17, 15) is 9.59 Å². The Kier molecular flexibility index (Phi) is 3.79. The third-order valence-electron chi connectivity index (χ3n) is 5.67. The highest BCUT2D eigenvalue weighted by atomic mass is 16.5. The number of H-pyrrole nitrogens is 1. The summed E-state index contributed by atoms with van der Waals surface area (Å²) in [6.07, 6.45) is 6.92. The van der Waals surface area contributed by atoms with E-state index in [1.165, 1.54) is 12.3 Å². The van der Waals surface area contributed by atoms with Crippen LogP contribution >= 0.6 is 0 Å². The van der Waals surface area contributed by atoms with E-state index < -0.39 is 5.91 Å². The molecule has 0 unspecified atom stereocenters. The van der Waals surface area contributed by atoms with Gasteiger partial charge in [0.15, 0.2) is 0 Å². The van der Waals surface area contributed by atoms with Crippen molar-refractivity contribution in [2.24, 2.45) is 0 Å². The van der Waals surface area contributed by atoms with Gasteiger partial charge in [0.05, 0.1) is 24.5 Å². The number of ether oxygens (including phenoxy) is 2. The van der Waals surface area contributed by atoms with Gasteiger partial charge < -0.3 is 19.8 Å². The Bertz CT molecular complexity index is 1180. The molecule has 0 radical (unpaired) electrons. The van der Waals surface area contributed by atoms with E-state index in [0.29, 0.717) is 19.0 Å². The molecule has 0 spiro atoms. The largest absolute Gasteiger partial charge is 0.477 e. The molecule has 6 rings (SSSR count). The van der Waals surface area contributed by atoms with Crippen molar-refractivity contribution in [1.82, 2.24) is 19.4 Å². The first-order chi connectivity index (χ1) is 13.9. The lowest BCUT2D eigenvalue weighted by Crippen LogP contribution is -2.45. The molecule has 2 N–H and O–H groups in total. The molecule has 2 aliphatic heterocycles. The van der Waals surface area contributed by atoms with Gasteiger partial charge in [0.1, 0.15) is 11.3 Å². The van der Waals surface area contributed by atoms with Crippen LogP contribution in [-0.4, -0.2) is 44.1 Å². The number of pyridine rings is 1. The van der Waals surface area contributed by atoms with Crippen molar-refractivity contribution in [3.8, 4) is 5.88 Å². The van der Waals surface area contributed by atoms with Crippen LogP contribution < -0.4 is 15.6 Å². The highest BCUT2D eigenvalue weighted by Crippen LogP contribution is 2.58. The number of aromatic amines is 1. The van der Waals surface area contributed by atoms with Gasteiger partial charge >= 0.3 is 0 Å². The predicted molar refractivity (Wildman–Crippen MR) is 104 cm³/mol. The maximum atomic E-state index is 12.8. The van der Waals surface area contributed by atoms with E-state index in [1.54, 1.807) is 16.7 Å². The number of anilines is 1. The average Bonchev–Trinajstić information content (AvgIpc) is 3.33. The van der Waals surface area contributed by atoms with Crippen LogP contribution in [0.15, 0.2) is 35.5 Å². The minimum atomic E-state index is -0.478. The molecule has 0 aromatic carbocycles. The van der Waals surface area contributed by atoms with Gasteiger partial charge in [-0.25, -0.2) is 4.98 Å². The quantitative estimate of drug-likeness (QED) is 0.683. The van der Waals surface area contributed by atoms with Gasteiger partial charge in [-0.3, -0.25) is 14.0 Å². The third-order valence-corrected chi connectivity index (χ3v) is 5.67. The highest BCUT2D eigenvalue weighted by Gasteiger charge is 2.61. The van der Waals surface area contributed by atoms with E-state index in [0.717, 1.165) is 18.5 Å². The molecule has 3 fully saturated rings. The number of carbonyl (C=O) groups excluding carboxylic acids is 1. The molecule has 3 aromatic heterocycles. The number of rotatable bonds is 5. The van der Waals surface area contributed by atoms with Crippen molar-refractivity contribution in [1.29, 1.82) is 0 Å². The summed E-state index contributed by atoms with van der Waals surface area (Å²) >= 11 is 0. The zero-order valence-corrected chi connectivity index (χ0v) is 16.2. The Hall–Kier alpha value is -3.20. The van der Waals surface area contributed by atoms with Crippen molar-refractivity contribution >= 4 is 17.4 Å². The molecule has 1 saturated carbocycles. The number of hydrogen-bond acceptors (Lipinski definition) is 6. The van der Waals surface area contributed by atoms with Crippen LogP contribution in [0.25, 0.3) is 5.78 Å². The average molecular weight is 395 g/mol. The first-order valence-corrected chi connectivity index (χ1v) is 9.57. The summed E-state index contributed by atoms with van der Waals surface area (Å²) in [5, 5.41) is 2.62. The Morgan fingerprint density at radius 3 is 2.90 bits per heavy atom. The molecule has 3 aromatic rings. The second-order valence-electron chi connectivity index (χ2n) is 7.97. The molecule has 2 bridgehead atoms. The Morgan fingerprint density at radius 2 is 2.21 bits per heavy atom. The summed E-state index contributed by atoms with van der Waals surface area (Å²) in [6.45, 7) is 4.93. The Balaban J connectivity index is 1.52. The highest BCUT2D eigenvalue weighted by molar-refractivity contribution is 6.05. The fourth-order valence-electron chi connectivity index (χ4n) is 4.43. The number of nitrogens with one attached hydrogen (secondary N) is 2. The van der Waals surface area contributed by atoms with Gasteiger partial charge in [0, 0.05) is 24.0 Å².